The van der Waals surface area contributed by atoms with Crippen molar-refractivity contribution < 1.29 is 19.5 Å². The maximum atomic E-state index is 13.0. The summed E-state index contributed by atoms with van der Waals surface area (Å²) in [5, 5.41) is 16.8. The van der Waals surface area contributed by atoms with Crippen LogP contribution < -0.4 is 10.7 Å². The minimum atomic E-state index is -0.779. The van der Waals surface area contributed by atoms with Crippen molar-refractivity contribution in [1.82, 2.24) is 15.6 Å². The molecule has 3 aliphatic rings. The fourth-order valence-electron chi connectivity index (χ4n) is 4.66. The molecule has 0 aromatic heterocycles. The van der Waals surface area contributed by atoms with Crippen molar-refractivity contribution in [2.75, 3.05) is 25.4 Å². The minimum absolute atomic E-state index is 0. The number of thioether (sulfide) groups is 1. The molecule has 3 N–H and O–H groups in total. The molecular weight excluding hydrogens is 440 g/mol. The van der Waals surface area contributed by atoms with Crippen LogP contribution in [0.5, 0.6) is 0 Å². The van der Waals surface area contributed by atoms with Crippen LogP contribution in [0.25, 0.3) is 0 Å². The Labute approximate surface area is 194 Å². The quantitative estimate of drug-likeness (QED) is 0.366. The molecule has 31 heavy (non-hydrogen) atoms. The lowest BCUT2D eigenvalue weighted by Crippen LogP contribution is -2.52. The first-order valence-electron chi connectivity index (χ1n) is 11.3. The third kappa shape index (κ3) is 7.36. The van der Waals surface area contributed by atoms with Gasteiger partial charge in [0.05, 0.1) is 6.61 Å². The normalized spacial score (nSPS) is 22.6. The van der Waals surface area contributed by atoms with E-state index in [9.17, 15) is 14.4 Å². The zero-order valence-corrected chi connectivity index (χ0v) is 19.6. The molecule has 0 radical (unpaired) electrons. The molecule has 1 unspecified atom stereocenters. The van der Waals surface area contributed by atoms with E-state index in [0.717, 1.165) is 76.5 Å². The number of hydrogen-bond acceptors (Lipinski definition) is 6. The standard InChI is InChI=1S/C21H34N4O4S.ClH/c26-13-11-25-12-14-30-21(25)24-23-20(29)18(27)17(15-7-3-1-4-8-15)22-19(28)16-9-5-2-6-10-16;/h15-17,26H,1-14H2,(H,22,28)(H,23,29);1H. The summed E-state index contributed by atoms with van der Waals surface area (Å²) in [6, 6.07) is -0.773. The predicted molar refractivity (Wildman–Crippen MR) is 124 cm³/mol. The van der Waals surface area contributed by atoms with Crippen molar-refractivity contribution >= 4 is 46.9 Å². The van der Waals surface area contributed by atoms with E-state index < -0.39 is 17.7 Å². The molecule has 0 aromatic rings. The number of carbonyl (C=O) groups excluding carboxylic acids is 3. The van der Waals surface area contributed by atoms with Crippen molar-refractivity contribution in [3.63, 3.8) is 0 Å². The Kier molecular flexibility index (Phi) is 11.1. The topological polar surface area (TPSA) is 111 Å². The Balaban J connectivity index is 0.00000341. The Morgan fingerprint density at radius 1 is 1.06 bits per heavy atom. The number of hydrogen-bond donors (Lipinski definition) is 3. The fraction of sp³-hybridized carbons (Fsp3) is 0.810. The van der Waals surface area contributed by atoms with Crippen LogP contribution in [-0.2, 0) is 14.4 Å². The highest BCUT2D eigenvalue weighted by molar-refractivity contribution is 8.14. The molecule has 1 heterocycles. The second kappa shape index (κ2) is 13.3. The van der Waals surface area contributed by atoms with Crippen LogP contribution in [0.4, 0.5) is 0 Å². The van der Waals surface area contributed by atoms with Crippen molar-refractivity contribution in [3.05, 3.63) is 0 Å². The highest BCUT2D eigenvalue weighted by Gasteiger charge is 2.36. The van der Waals surface area contributed by atoms with Crippen LogP contribution >= 0.6 is 24.2 Å². The van der Waals surface area contributed by atoms with Crippen LogP contribution in [0.3, 0.4) is 0 Å². The molecule has 1 atom stereocenters. The molecule has 2 saturated carbocycles. The number of aliphatic hydroxyl groups excluding tert-OH is 1. The Hall–Kier alpha value is -1.32. The molecule has 2 amide bonds. The van der Waals surface area contributed by atoms with Gasteiger partial charge in [-0.25, -0.2) is 5.43 Å². The average molecular weight is 475 g/mol. The summed E-state index contributed by atoms with van der Waals surface area (Å²) in [7, 11) is 0. The average Bonchev–Trinajstić information content (AvgIpc) is 3.23. The van der Waals surface area contributed by atoms with Gasteiger partial charge in [0.1, 0.15) is 6.04 Å². The number of rotatable bonds is 8. The van der Waals surface area contributed by atoms with E-state index in [2.05, 4.69) is 15.8 Å². The summed E-state index contributed by atoms with van der Waals surface area (Å²) in [4.78, 5) is 40.3. The largest absolute Gasteiger partial charge is 0.395 e. The van der Waals surface area contributed by atoms with Crippen LogP contribution in [0.15, 0.2) is 5.10 Å². The van der Waals surface area contributed by atoms with Gasteiger partial charge in [-0.3, -0.25) is 14.4 Å². The molecule has 10 heteroatoms. The smallest absolute Gasteiger partial charge is 0.309 e. The number of hydrazone groups is 1. The van der Waals surface area contributed by atoms with E-state index >= 15 is 0 Å². The SMILES string of the molecule is Cl.O=C(NN=C1SCCN1CCO)C(=O)C(NC(=O)C1CCCCC1)C1CCCCC1. The first-order valence-corrected chi connectivity index (χ1v) is 12.3. The summed E-state index contributed by atoms with van der Waals surface area (Å²) in [5.74, 6) is -0.694. The summed E-state index contributed by atoms with van der Waals surface area (Å²) < 4.78 is 0. The molecule has 0 spiro atoms. The monoisotopic (exact) mass is 474 g/mol. The summed E-state index contributed by atoms with van der Waals surface area (Å²) in [6.45, 7) is 1.19. The number of aliphatic hydroxyl groups is 1. The van der Waals surface area contributed by atoms with Gasteiger partial charge in [-0.1, -0.05) is 50.3 Å². The molecule has 3 rings (SSSR count). The van der Waals surface area contributed by atoms with Crippen molar-refractivity contribution in [3.8, 4) is 0 Å². The first-order chi connectivity index (χ1) is 14.6. The number of amidine groups is 1. The van der Waals surface area contributed by atoms with Crippen molar-refractivity contribution in [2.45, 2.75) is 70.3 Å². The van der Waals surface area contributed by atoms with Gasteiger partial charge in [-0.2, -0.15) is 0 Å². The molecular formula is C21H35ClN4O4S. The van der Waals surface area contributed by atoms with Crippen LogP contribution in [0.1, 0.15) is 64.2 Å². The molecule has 3 fully saturated rings. The van der Waals surface area contributed by atoms with Gasteiger partial charge in [0, 0.05) is 24.8 Å². The lowest BCUT2D eigenvalue weighted by atomic mass is 9.81. The predicted octanol–water partition coefficient (Wildman–Crippen LogP) is 2.05. The minimum Gasteiger partial charge on any atom is -0.395 e. The highest BCUT2D eigenvalue weighted by Crippen LogP contribution is 2.29. The van der Waals surface area contributed by atoms with E-state index in [0.29, 0.717) is 11.7 Å². The number of amides is 2. The number of β-amino-alcohol motifs (C(OH)–C–C–N with tert-alkyl or cyclic N) is 1. The maximum Gasteiger partial charge on any atom is 0.309 e. The Morgan fingerprint density at radius 2 is 1.71 bits per heavy atom. The number of halogens is 1. The molecule has 0 aromatic carbocycles. The van der Waals surface area contributed by atoms with Gasteiger partial charge >= 0.3 is 5.91 Å². The third-order valence-electron chi connectivity index (χ3n) is 6.39. The molecule has 2 aliphatic carbocycles. The van der Waals surface area contributed by atoms with E-state index in [1.165, 1.54) is 11.8 Å². The van der Waals surface area contributed by atoms with Gasteiger partial charge in [-0.15, -0.1) is 17.5 Å². The lowest BCUT2D eigenvalue weighted by Gasteiger charge is -2.31. The number of nitrogens with one attached hydrogen (secondary N) is 2. The molecule has 1 saturated heterocycles. The second-order valence-corrected chi connectivity index (χ2v) is 9.54. The summed E-state index contributed by atoms with van der Waals surface area (Å²) in [6.07, 6.45) is 9.82. The molecule has 8 nitrogen and oxygen atoms in total. The van der Waals surface area contributed by atoms with Gasteiger partial charge < -0.3 is 15.3 Å². The number of carbonyl (C=O) groups is 3. The van der Waals surface area contributed by atoms with Gasteiger partial charge in [0.2, 0.25) is 11.7 Å². The summed E-state index contributed by atoms with van der Waals surface area (Å²) in [5.41, 5.74) is 2.39. The van der Waals surface area contributed by atoms with Crippen molar-refractivity contribution in [2.24, 2.45) is 16.9 Å². The zero-order chi connectivity index (χ0) is 21.3. The van der Waals surface area contributed by atoms with Crippen molar-refractivity contribution in [1.29, 1.82) is 0 Å². The van der Waals surface area contributed by atoms with E-state index in [-0.39, 0.29) is 36.8 Å². The maximum absolute atomic E-state index is 13.0. The Morgan fingerprint density at radius 3 is 2.35 bits per heavy atom. The summed E-state index contributed by atoms with van der Waals surface area (Å²) >= 11 is 1.48. The highest BCUT2D eigenvalue weighted by atomic mass is 35.5. The molecule has 0 bridgehead atoms. The number of nitrogens with zero attached hydrogens (tertiary/aromatic N) is 2. The molecule has 176 valence electrons. The number of Topliss-reactive ketones (excluding diaryl/α,β-unsaturated/α-hetero) is 1. The molecule has 1 aliphatic heterocycles. The van der Waals surface area contributed by atoms with Crippen LogP contribution in [0, 0.1) is 11.8 Å². The van der Waals surface area contributed by atoms with Crippen LogP contribution in [-0.4, -0.2) is 64.3 Å². The number of ketones is 1. The zero-order valence-electron chi connectivity index (χ0n) is 18.0. The first kappa shape index (κ1) is 25.9. The van der Waals surface area contributed by atoms with Gasteiger partial charge in [-0.05, 0) is 31.6 Å². The lowest BCUT2D eigenvalue weighted by molar-refractivity contribution is -0.141. The van der Waals surface area contributed by atoms with Gasteiger partial charge in [0.15, 0.2) is 5.17 Å². The Bertz CT molecular complexity index is 651. The van der Waals surface area contributed by atoms with E-state index in [1.807, 2.05) is 4.90 Å². The van der Waals surface area contributed by atoms with E-state index in [1.54, 1.807) is 0 Å². The van der Waals surface area contributed by atoms with Crippen LogP contribution in [0.2, 0.25) is 0 Å². The second-order valence-electron chi connectivity index (χ2n) is 8.48. The fourth-order valence-corrected chi connectivity index (χ4v) is 5.63. The van der Waals surface area contributed by atoms with Gasteiger partial charge in [0.25, 0.3) is 0 Å². The van der Waals surface area contributed by atoms with E-state index in [4.69, 9.17) is 5.11 Å². The third-order valence-corrected chi connectivity index (χ3v) is 7.38.